The first-order chi connectivity index (χ1) is 17.0. The lowest BCUT2D eigenvalue weighted by Gasteiger charge is -2.47. The van der Waals surface area contributed by atoms with E-state index in [2.05, 4.69) is 50.0 Å². The molecule has 1 aromatic carbocycles. The molecule has 2 fully saturated rings. The summed E-state index contributed by atoms with van der Waals surface area (Å²) in [7, 11) is 2.09. The van der Waals surface area contributed by atoms with Gasteiger partial charge in [0.2, 0.25) is 0 Å². The molecule has 9 nitrogen and oxygen atoms in total. The van der Waals surface area contributed by atoms with Gasteiger partial charge in [0.05, 0.1) is 36.7 Å². The number of carbonyl (C=O) groups excluding carboxylic acids is 1. The Morgan fingerprint density at radius 2 is 2.00 bits per heavy atom. The van der Waals surface area contributed by atoms with Crippen LogP contribution in [0.2, 0.25) is 0 Å². The van der Waals surface area contributed by atoms with E-state index in [0.717, 1.165) is 17.9 Å². The minimum Gasteiger partial charge on any atom is -0.377 e. The second kappa shape index (κ2) is 9.44. The number of likely N-dealkylation sites (tertiary alicyclic amines) is 1. The van der Waals surface area contributed by atoms with E-state index < -0.39 is 0 Å². The lowest BCUT2D eigenvalue weighted by Crippen LogP contribution is -2.67. The van der Waals surface area contributed by atoms with E-state index in [0.29, 0.717) is 30.3 Å². The predicted octanol–water partition coefficient (Wildman–Crippen LogP) is 3.51. The van der Waals surface area contributed by atoms with Crippen LogP contribution in [0.25, 0.3) is 0 Å². The zero-order chi connectivity index (χ0) is 24.4. The number of rotatable bonds is 6. The third-order valence-corrected chi connectivity index (χ3v) is 6.94. The van der Waals surface area contributed by atoms with Crippen LogP contribution in [-0.2, 0) is 4.74 Å². The van der Waals surface area contributed by atoms with Gasteiger partial charge < -0.3 is 20.8 Å². The summed E-state index contributed by atoms with van der Waals surface area (Å²) >= 11 is 0. The van der Waals surface area contributed by atoms with Gasteiger partial charge in [-0.15, -0.1) is 0 Å². The fourth-order valence-electron chi connectivity index (χ4n) is 4.97. The number of hydrogen-bond acceptors (Lipinski definition) is 7. The van der Waals surface area contributed by atoms with Crippen molar-refractivity contribution in [3.63, 3.8) is 0 Å². The van der Waals surface area contributed by atoms with E-state index in [1.165, 1.54) is 11.8 Å². The van der Waals surface area contributed by atoms with E-state index in [1.54, 1.807) is 18.5 Å². The highest BCUT2D eigenvalue weighted by atomic mass is 16.5. The van der Waals surface area contributed by atoms with Gasteiger partial charge in [0, 0.05) is 41.8 Å². The SMILES string of the molecule is Cc1cc(Nc2cnc(NC(=O)N[C@@H]3[C@@H](c4ccccc4)CN(C)C34COC4)cc2C=N)ccn1. The summed E-state index contributed by atoms with van der Waals surface area (Å²) in [5.74, 6) is 0.523. The number of amides is 2. The van der Waals surface area contributed by atoms with Gasteiger partial charge in [0.25, 0.3) is 0 Å². The van der Waals surface area contributed by atoms with Crippen LogP contribution in [0.4, 0.5) is 22.0 Å². The number of nitrogens with one attached hydrogen (secondary N) is 4. The molecular weight excluding hydrogens is 442 g/mol. The second-order valence-electron chi connectivity index (χ2n) is 9.18. The van der Waals surface area contributed by atoms with Crippen molar-refractivity contribution in [2.75, 3.05) is 37.4 Å². The van der Waals surface area contributed by atoms with E-state index in [9.17, 15) is 4.79 Å². The number of aromatic nitrogens is 2. The largest absolute Gasteiger partial charge is 0.377 e. The number of benzene rings is 1. The Morgan fingerprint density at radius 1 is 1.20 bits per heavy atom. The van der Waals surface area contributed by atoms with Gasteiger partial charge in [-0.25, -0.2) is 9.78 Å². The van der Waals surface area contributed by atoms with Crippen LogP contribution in [0.1, 0.15) is 22.7 Å². The molecule has 2 aromatic heterocycles. The maximum absolute atomic E-state index is 13.1. The number of carbonyl (C=O) groups is 1. The average Bonchev–Trinajstić information content (AvgIpc) is 3.12. The molecule has 2 amide bonds. The molecule has 0 saturated carbocycles. The highest BCUT2D eigenvalue weighted by Crippen LogP contribution is 2.42. The molecule has 2 atom stereocenters. The van der Waals surface area contributed by atoms with Crippen LogP contribution in [0.15, 0.2) is 60.9 Å². The Morgan fingerprint density at radius 3 is 2.69 bits per heavy atom. The maximum Gasteiger partial charge on any atom is 0.320 e. The van der Waals surface area contributed by atoms with Crippen molar-refractivity contribution in [3.05, 3.63) is 77.7 Å². The molecule has 4 heterocycles. The molecule has 0 aliphatic carbocycles. The first-order valence-corrected chi connectivity index (χ1v) is 11.6. The van der Waals surface area contributed by atoms with Crippen LogP contribution in [0.5, 0.6) is 0 Å². The zero-order valence-electron chi connectivity index (χ0n) is 19.8. The van der Waals surface area contributed by atoms with Crippen LogP contribution in [0.3, 0.4) is 0 Å². The van der Waals surface area contributed by atoms with Gasteiger partial charge in [-0.2, -0.15) is 0 Å². The molecule has 0 radical (unpaired) electrons. The first-order valence-electron chi connectivity index (χ1n) is 11.6. The standard InChI is InChI=1S/C26H29N7O2/c1-17-10-20(8-9-28-17)30-22-13-29-23(11-19(22)12-27)31-25(34)32-24-21(18-6-4-3-5-7-18)14-33(2)26(24)15-35-16-26/h3-13,21,24,27H,14-16H2,1-2H3,(H,28,30)(H2,29,31,32,34)/t21-,24-/m1/s1. The molecule has 4 N–H and O–H groups in total. The third-order valence-electron chi connectivity index (χ3n) is 6.94. The van der Waals surface area contributed by atoms with Crippen molar-refractivity contribution in [1.29, 1.82) is 5.41 Å². The maximum atomic E-state index is 13.1. The van der Waals surface area contributed by atoms with E-state index >= 15 is 0 Å². The Bertz CT molecular complexity index is 1230. The Labute approximate surface area is 204 Å². The van der Waals surface area contributed by atoms with Crippen molar-refractivity contribution in [3.8, 4) is 0 Å². The lowest BCUT2D eigenvalue weighted by atomic mass is 9.81. The number of ether oxygens (including phenoxy) is 1. The molecule has 2 aliphatic rings. The van der Waals surface area contributed by atoms with Gasteiger partial charge >= 0.3 is 6.03 Å². The number of aryl methyl sites for hydroxylation is 1. The first kappa shape index (κ1) is 22.9. The molecule has 1 spiro atoms. The van der Waals surface area contributed by atoms with Gasteiger partial charge in [-0.1, -0.05) is 30.3 Å². The number of urea groups is 1. The minimum atomic E-state index is -0.327. The third kappa shape index (κ3) is 4.48. The number of hydrogen-bond donors (Lipinski definition) is 4. The molecule has 35 heavy (non-hydrogen) atoms. The van der Waals surface area contributed by atoms with Crippen molar-refractivity contribution >= 4 is 29.4 Å². The van der Waals surface area contributed by atoms with Gasteiger partial charge in [0.1, 0.15) is 5.82 Å². The molecule has 2 aliphatic heterocycles. The number of nitrogens with zero attached hydrogens (tertiary/aromatic N) is 3. The van der Waals surface area contributed by atoms with Crippen molar-refractivity contribution < 1.29 is 9.53 Å². The zero-order valence-corrected chi connectivity index (χ0v) is 19.8. The smallest absolute Gasteiger partial charge is 0.320 e. The Balaban J connectivity index is 1.32. The molecule has 2 saturated heterocycles. The molecule has 180 valence electrons. The topological polar surface area (TPSA) is 115 Å². The van der Waals surface area contributed by atoms with Gasteiger partial charge in [-0.3, -0.25) is 15.2 Å². The minimum absolute atomic E-state index is 0.110. The van der Waals surface area contributed by atoms with Crippen LogP contribution >= 0.6 is 0 Å². The summed E-state index contributed by atoms with van der Waals surface area (Å²) in [5, 5.41) is 17.1. The van der Waals surface area contributed by atoms with Gasteiger partial charge in [0.15, 0.2) is 0 Å². The highest BCUT2D eigenvalue weighted by molar-refractivity contribution is 5.92. The Kier molecular flexibility index (Phi) is 6.19. The van der Waals surface area contributed by atoms with Crippen LogP contribution in [-0.4, -0.2) is 65.5 Å². The summed E-state index contributed by atoms with van der Waals surface area (Å²) in [6.07, 6.45) is 4.57. The summed E-state index contributed by atoms with van der Waals surface area (Å²) in [6, 6.07) is 15.3. The summed E-state index contributed by atoms with van der Waals surface area (Å²) in [6.45, 7) is 3.92. The Hall–Kier alpha value is -3.82. The van der Waals surface area contributed by atoms with E-state index in [1.807, 2.05) is 37.3 Å². The van der Waals surface area contributed by atoms with Crippen LogP contribution < -0.4 is 16.0 Å². The van der Waals surface area contributed by atoms with E-state index in [4.69, 9.17) is 10.1 Å². The molecule has 0 bridgehead atoms. The second-order valence-corrected chi connectivity index (χ2v) is 9.18. The molecule has 3 aromatic rings. The average molecular weight is 472 g/mol. The van der Waals surface area contributed by atoms with Crippen LogP contribution in [0, 0.1) is 12.3 Å². The fourth-order valence-corrected chi connectivity index (χ4v) is 4.97. The molecule has 0 unspecified atom stereocenters. The predicted molar refractivity (Wildman–Crippen MR) is 136 cm³/mol. The van der Waals surface area contributed by atoms with E-state index in [-0.39, 0.29) is 23.5 Å². The number of likely N-dealkylation sites (N-methyl/N-ethyl adjacent to an activating group) is 1. The van der Waals surface area contributed by atoms with Gasteiger partial charge in [-0.05, 0) is 37.7 Å². The highest BCUT2D eigenvalue weighted by Gasteiger charge is 2.57. The van der Waals surface area contributed by atoms with Crippen molar-refractivity contribution in [1.82, 2.24) is 20.2 Å². The van der Waals surface area contributed by atoms with Crippen molar-refractivity contribution in [2.24, 2.45) is 0 Å². The monoisotopic (exact) mass is 471 g/mol. The lowest BCUT2D eigenvalue weighted by molar-refractivity contribution is -0.124. The van der Waals surface area contributed by atoms with Crippen molar-refractivity contribution in [2.45, 2.75) is 24.4 Å². The fraction of sp³-hybridized carbons (Fsp3) is 0.308. The molecule has 9 heteroatoms. The normalized spacial score (nSPS) is 20.7. The molecule has 5 rings (SSSR count). The number of anilines is 3. The summed E-state index contributed by atoms with van der Waals surface area (Å²) in [5.41, 5.74) is 3.99. The molecular formula is C26H29N7O2. The summed E-state index contributed by atoms with van der Waals surface area (Å²) < 4.78 is 5.58. The number of pyridine rings is 2. The quantitative estimate of drug-likeness (QED) is 0.409. The summed E-state index contributed by atoms with van der Waals surface area (Å²) in [4.78, 5) is 24.0.